The van der Waals surface area contributed by atoms with Crippen molar-refractivity contribution in [1.82, 2.24) is 9.97 Å². The van der Waals surface area contributed by atoms with Crippen molar-refractivity contribution in [3.8, 4) is 6.07 Å². The van der Waals surface area contributed by atoms with E-state index in [1.165, 1.54) is 13.0 Å². The van der Waals surface area contributed by atoms with Gasteiger partial charge in [-0.05, 0) is 25.1 Å². The molecule has 1 aliphatic heterocycles. The van der Waals surface area contributed by atoms with E-state index in [1.54, 1.807) is 0 Å². The third-order valence-electron chi connectivity index (χ3n) is 4.79. The van der Waals surface area contributed by atoms with Crippen molar-refractivity contribution in [1.29, 1.82) is 5.26 Å². The molecule has 0 bridgehead atoms. The van der Waals surface area contributed by atoms with Crippen molar-refractivity contribution in [2.45, 2.75) is 29.3 Å². The molecule has 16 heteroatoms. The van der Waals surface area contributed by atoms with E-state index in [4.69, 9.17) is 0 Å². The number of nitriles is 1. The van der Waals surface area contributed by atoms with Crippen molar-refractivity contribution in [2.24, 2.45) is 0 Å². The van der Waals surface area contributed by atoms with Crippen LogP contribution in [0.3, 0.4) is 0 Å². The molecule has 1 aromatic carbocycles. The summed E-state index contributed by atoms with van der Waals surface area (Å²) in [5.74, 6) is -3.55. The number of hydrogen-bond acceptors (Lipinski definition) is 9. The third kappa shape index (κ3) is 4.75. The Morgan fingerprint density at radius 1 is 1.32 bits per heavy atom. The van der Waals surface area contributed by atoms with Crippen molar-refractivity contribution in [3.63, 3.8) is 0 Å². The quantitative estimate of drug-likeness (QED) is 0.339. The molecular weight excluding hydrogens is 493 g/mol. The Balaban J connectivity index is 2.20. The Morgan fingerprint density at radius 3 is 2.59 bits per heavy atom. The second-order valence-electron chi connectivity index (χ2n) is 7.06. The van der Waals surface area contributed by atoms with Crippen LogP contribution < -0.4 is 4.90 Å². The molecule has 1 fully saturated rings. The van der Waals surface area contributed by atoms with Gasteiger partial charge in [-0.1, -0.05) is 0 Å². The number of hydrogen-bond donors (Lipinski definition) is 0. The van der Waals surface area contributed by atoms with Crippen molar-refractivity contribution in [2.75, 3.05) is 24.6 Å². The zero-order chi connectivity index (χ0) is 25.4. The maximum atomic E-state index is 14.2. The Labute approximate surface area is 188 Å². The van der Waals surface area contributed by atoms with Gasteiger partial charge in [0.1, 0.15) is 22.4 Å². The molecule has 3 rings (SSSR count). The molecule has 2 heterocycles. The van der Waals surface area contributed by atoms with Crippen LogP contribution in [-0.2, 0) is 14.6 Å². The molecule has 1 unspecified atom stereocenters. The van der Waals surface area contributed by atoms with Gasteiger partial charge in [-0.2, -0.15) is 18.4 Å². The zero-order valence-corrected chi connectivity index (χ0v) is 17.9. The molecule has 0 aliphatic carbocycles. The molecule has 0 radical (unpaired) electrons. The van der Waals surface area contributed by atoms with Crippen LogP contribution in [0.15, 0.2) is 23.1 Å². The molecule has 0 amide bonds. The lowest BCUT2D eigenvalue weighted by molar-refractivity contribution is -0.385. The van der Waals surface area contributed by atoms with Crippen LogP contribution in [0.4, 0.5) is 33.5 Å². The molecule has 1 aliphatic rings. The first-order valence-electron chi connectivity index (χ1n) is 9.32. The number of nitrogens with zero attached hydrogens (tertiary/aromatic N) is 5. The van der Waals surface area contributed by atoms with E-state index in [0.717, 1.165) is 4.90 Å². The van der Waals surface area contributed by atoms with Gasteiger partial charge in [0, 0.05) is 6.54 Å². The van der Waals surface area contributed by atoms with Crippen LogP contribution in [0.5, 0.6) is 0 Å². The minimum absolute atomic E-state index is 0.272. The molecule has 0 N–H and O–H groups in total. The van der Waals surface area contributed by atoms with Gasteiger partial charge in [-0.15, -0.1) is 0 Å². The summed E-state index contributed by atoms with van der Waals surface area (Å²) < 4.78 is 97.9. The van der Waals surface area contributed by atoms with Gasteiger partial charge in [-0.25, -0.2) is 27.2 Å². The number of aromatic nitrogens is 2. The van der Waals surface area contributed by atoms with E-state index in [0.29, 0.717) is 18.2 Å². The van der Waals surface area contributed by atoms with Gasteiger partial charge in [0.15, 0.2) is 11.8 Å². The van der Waals surface area contributed by atoms with E-state index in [-0.39, 0.29) is 12.4 Å². The van der Waals surface area contributed by atoms with Gasteiger partial charge in [0.05, 0.1) is 24.1 Å². The number of benzene rings is 1. The summed E-state index contributed by atoms with van der Waals surface area (Å²) >= 11 is 0. The predicted molar refractivity (Wildman–Crippen MR) is 103 cm³/mol. The smallest absolute Gasteiger partial charge is 0.365 e. The number of aryl methyl sites for hydroxylation is 1. The molecule has 2 atom stereocenters. The van der Waals surface area contributed by atoms with Crippen LogP contribution in [0.25, 0.3) is 0 Å². The fourth-order valence-electron chi connectivity index (χ4n) is 3.29. The number of rotatable bonds is 5. The maximum Gasteiger partial charge on any atom is 0.416 e. The van der Waals surface area contributed by atoms with Crippen molar-refractivity contribution in [3.05, 3.63) is 51.5 Å². The summed E-state index contributed by atoms with van der Waals surface area (Å²) in [6.07, 6.45) is -7.11. The molecule has 1 saturated heterocycles. The average Bonchev–Trinajstić information content (AvgIpc) is 2.74. The number of ether oxygens (including phenoxy) is 1. The zero-order valence-electron chi connectivity index (χ0n) is 17.1. The minimum Gasteiger partial charge on any atom is -0.365 e. The first-order chi connectivity index (χ1) is 15.8. The topological polar surface area (TPSA) is 139 Å². The van der Waals surface area contributed by atoms with E-state index >= 15 is 0 Å². The summed E-state index contributed by atoms with van der Waals surface area (Å²) in [7, 11) is -5.11. The maximum absolute atomic E-state index is 14.2. The Bertz CT molecular complexity index is 1280. The molecule has 0 spiro atoms. The van der Waals surface area contributed by atoms with Crippen LogP contribution >= 0.6 is 0 Å². The molecular formula is C18H14F5N5O5S. The predicted octanol–water partition coefficient (Wildman–Crippen LogP) is 2.78. The number of halogens is 5. The standard InChI is InChI=1S/C18H14F5N5O5S/c1-9-25-15(13(7-24)34(31,32)12-6-10(19)2-3-11(12)20)16(28(29)30)17(26-9)27-4-5-33-14(8-27)18(21,22)23/h2-3,6,13-14H,4-5,8H2,1H3/t13?,14-/m0/s1. The van der Waals surface area contributed by atoms with E-state index in [2.05, 4.69) is 14.7 Å². The molecule has 1 aromatic heterocycles. The lowest BCUT2D eigenvalue weighted by atomic mass is 10.2. The van der Waals surface area contributed by atoms with Crippen LogP contribution in [0.2, 0.25) is 0 Å². The number of sulfone groups is 1. The lowest BCUT2D eigenvalue weighted by Gasteiger charge is -2.34. The van der Waals surface area contributed by atoms with Crippen LogP contribution in [0.1, 0.15) is 16.8 Å². The fourth-order valence-corrected chi connectivity index (χ4v) is 4.76. The first-order valence-corrected chi connectivity index (χ1v) is 10.9. The average molecular weight is 507 g/mol. The van der Waals surface area contributed by atoms with E-state index in [9.17, 15) is 45.7 Å². The van der Waals surface area contributed by atoms with Gasteiger partial charge < -0.3 is 9.64 Å². The Hall–Kier alpha value is -3.45. The summed E-state index contributed by atoms with van der Waals surface area (Å²) in [6.45, 7) is -0.481. The molecule has 0 saturated carbocycles. The van der Waals surface area contributed by atoms with Gasteiger partial charge in [-0.3, -0.25) is 10.1 Å². The molecule has 182 valence electrons. The Kier molecular flexibility index (Phi) is 6.71. The summed E-state index contributed by atoms with van der Waals surface area (Å²) in [5.41, 5.74) is -2.14. The number of alkyl halides is 3. The fraction of sp³-hybridized carbons (Fsp3) is 0.389. The molecule has 34 heavy (non-hydrogen) atoms. The van der Waals surface area contributed by atoms with Crippen molar-refractivity contribution < 1.29 is 40.0 Å². The minimum atomic E-state index is -5.11. The molecule has 2 aromatic rings. The van der Waals surface area contributed by atoms with E-state index < -0.39 is 79.2 Å². The van der Waals surface area contributed by atoms with Crippen molar-refractivity contribution >= 4 is 21.3 Å². The van der Waals surface area contributed by atoms with Gasteiger partial charge in [0.2, 0.25) is 20.9 Å². The monoisotopic (exact) mass is 507 g/mol. The third-order valence-corrected chi connectivity index (χ3v) is 6.67. The summed E-state index contributed by atoms with van der Waals surface area (Å²) in [4.78, 5) is 17.9. The SMILES string of the molecule is Cc1nc(C(C#N)S(=O)(=O)c2cc(F)ccc2F)c([N+](=O)[O-])c(N2CCO[C@H](C(F)(F)F)C2)n1. The highest BCUT2D eigenvalue weighted by molar-refractivity contribution is 7.92. The van der Waals surface area contributed by atoms with E-state index in [1.807, 2.05) is 0 Å². The largest absolute Gasteiger partial charge is 0.416 e. The number of anilines is 1. The normalized spacial score (nSPS) is 17.8. The highest BCUT2D eigenvalue weighted by Gasteiger charge is 2.46. The Morgan fingerprint density at radius 2 is 2.00 bits per heavy atom. The highest BCUT2D eigenvalue weighted by atomic mass is 32.2. The first kappa shape index (κ1) is 25.2. The highest BCUT2D eigenvalue weighted by Crippen LogP contribution is 2.39. The molecule has 10 nitrogen and oxygen atoms in total. The van der Waals surface area contributed by atoms with Crippen LogP contribution in [0, 0.1) is 40.0 Å². The number of morpholine rings is 1. The van der Waals surface area contributed by atoms with Gasteiger partial charge in [0.25, 0.3) is 0 Å². The second-order valence-corrected chi connectivity index (χ2v) is 9.06. The summed E-state index contributed by atoms with van der Waals surface area (Å²) in [5, 5.41) is 19.0. The van der Waals surface area contributed by atoms with Gasteiger partial charge >= 0.3 is 11.9 Å². The van der Waals surface area contributed by atoms with Crippen LogP contribution in [-0.4, -0.2) is 55.3 Å². The lowest BCUT2D eigenvalue weighted by Crippen LogP contribution is -2.49. The number of nitro groups is 1. The summed E-state index contributed by atoms with van der Waals surface area (Å²) in [6, 6.07) is 2.71. The second kappa shape index (κ2) is 9.06.